The van der Waals surface area contributed by atoms with E-state index in [1.165, 1.54) is 24.3 Å². The molecule has 3 amide bonds. The normalized spacial score (nSPS) is 15.7. The standard InChI is InChI=1S/C34H35F2N5O8/c1-2-11-47-12-13-48-14-15-49-28-10-9-24(35)30(36)29(28)31(42)20-3-5-21(6-4-20)32(43)38-26-18-41(34(45)46)19-27(26)39-33(44)22-7-8-23-17-37-40-25(23)16-22/h3-10,16-17,26-27H,2,11-15,18-19H2,1H3,(H,37,40)(H,38,43)(H,39,44)(H,45,46)/t26-,27-/m1/s1. The van der Waals surface area contributed by atoms with E-state index in [2.05, 4.69) is 20.8 Å². The van der Waals surface area contributed by atoms with Crippen molar-refractivity contribution < 1.29 is 47.3 Å². The molecule has 15 heteroatoms. The summed E-state index contributed by atoms with van der Waals surface area (Å²) >= 11 is 0. The molecule has 4 N–H and O–H groups in total. The first-order chi connectivity index (χ1) is 23.7. The number of ether oxygens (including phenoxy) is 3. The van der Waals surface area contributed by atoms with E-state index in [1.54, 1.807) is 24.4 Å². The molecule has 1 fully saturated rings. The van der Waals surface area contributed by atoms with Crippen molar-refractivity contribution in [1.29, 1.82) is 0 Å². The van der Waals surface area contributed by atoms with Gasteiger partial charge in [-0.05, 0) is 42.8 Å². The predicted octanol–water partition coefficient (Wildman–Crippen LogP) is 3.78. The first-order valence-electron chi connectivity index (χ1n) is 15.6. The van der Waals surface area contributed by atoms with Crippen LogP contribution in [0.5, 0.6) is 5.75 Å². The Morgan fingerprint density at radius 1 is 0.857 bits per heavy atom. The van der Waals surface area contributed by atoms with Crippen LogP contribution in [0, 0.1) is 11.6 Å². The fourth-order valence-electron chi connectivity index (χ4n) is 5.29. The van der Waals surface area contributed by atoms with Crippen molar-refractivity contribution in [2.75, 3.05) is 46.1 Å². The topological polar surface area (TPSA) is 172 Å². The Morgan fingerprint density at radius 3 is 2.14 bits per heavy atom. The lowest BCUT2D eigenvalue weighted by molar-refractivity contribution is 0.0364. The van der Waals surface area contributed by atoms with E-state index in [0.29, 0.717) is 30.9 Å². The lowest BCUT2D eigenvalue weighted by Crippen LogP contribution is -2.51. The van der Waals surface area contributed by atoms with Gasteiger partial charge in [-0.1, -0.05) is 25.1 Å². The molecule has 0 aliphatic carbocycles. The summed E-state index contributed by atoms with van der Waals surface area (Å²) in [5.74, 6) is -4.70. The number of carbonyl (C=O) groups is 4. The number of benzene rings is 3. The maximum Gasteiger partial charge on any atom is 0.407 e. The van der Waals surface area contributed by atoms with Gasteiger partial charge in [-0.15, -0.1) is 0 Å². The van der Waals surface area contributed by atoms with Crippen molar-refractivity contribution in [3.05, 3.63) is 94.7 Å². The molecule has 4 aromatic rings. The number of aromatic nitrogens is 2. The summed E-state index contributed by atoms with van der Waals surface area (Å²) in [6.07, 6.45) is 1.28. The Kier molecular flexibility index (Phi) is 11.5. The number of H-pyrrole nitrogens is 1. The molecular weight excluding hydrogens is 644 g/mol. The average Bonchev–Trinajstić information content (AvgIpc) is 3.74. The highest BCUT2D eigenvalue weighted by Crippen LogP contribution is 2.27. The number of hydrogen-bond acceptors (Lipinski definition) is 8. The summed E-state index contributed by atoms with van der Waals surface area (Å²) in [6.45, 7) is 3.28. The molecule has 1 saturated heterocycles. The number of carbonyl (C=O) groups excluding carboxylic acids is 3. The number of amides is 3. The van der Waals surface area contributed by atoms with Gasteiger partial charge in [-0.3, -0.25) is 19.5 Å². The maximum atomic E-state index is 14.9. The zero-order valence-electron chi connectivity index (χ0n) is 26.5. The van der Waals surface area contributed by atoms with Gasteiger partial charge in [0.15, 0.2) is 17.4 Å². The number of nitrogens with zero attached hydrogens (tertiary/aromatic N) is 2. The summed E-state index contributed by atoms with van der Waals surface area (Å²) in [4.78, 5) is 52.4. The molecule has 0 bridgehead atoms. The Bertz CT molecular complexity index is 1820. The van der Waals surface area contributed by atoms with E-state index in [4.69, 9.17) is 14.2 Å². The van der Waals surface area contributed by atoms with Crippen LogP contribution in [0.15, 0.2) is 60.8 Å². The second-order valence-corrected chi connectivity index (χ2v) is 11.2. The highest BCUT2D eigenvalue weighted by atomic mass is 19.2. The van der Waals surface area contributed by atoms with Gasteiger partial charge in [0.25, 0.3) is 11.8 Å². The molecule has 3 aromatic carbocycles. The summed E-state index contributed by atoms with van der Waals surface area (Å²) in [5, 5.41) is 22.7. The maximum absolute atomic E-state index is 14.9. The van der Waals surface area contributed by atoms with Crippen LogP contribution in [-0.2, 0) is 9.47 Å². The van der Waals surface area contributed by atoms with E-state index in [-0.39, 0.29) is 43.2 Å². The largest absolute Gasteiger partial charge is 0.490 e. The van der Waals surface area contributed by atoms with Crippen LogP contribution in [0.3, 0.4) is 0 Å². The van der Waals surface area contributed by atoms with E-state index >= 15 is 0 Å². The first-order valence-corrected chi connectivity index (χ1v) is 15.6. The molecule has 5 rings (SSSR count). The zero-order chi connectivity index (χ0) is 34.9. The van der Waals surface area contributed by atoms with Crippen LogP contribution in [0.2, 0.25) is 0 Å². The summed E-state index contributed by atoms with van der Waals surface area (Å²) in [7, 11) is 0. The third-order valence-corrected chi connectivity index (χ3v) is 7.83. The van der Waals surface area contributed by atoms with Gasteiger partial charge < -0.3 is 34.9 Å². The van der Waals surface area contributed by atoms with Gasteiger partial charge in [0.1, 0.15) is 17.9 Å². The van der Waals surface area contributed by atoms with Crippen molar-refractivity contribution in [2.45, 2.75) is 25.4 Å². The minimum atomic E-state index is -1.38. The summed E-state index contributed by atoms with van der Waals surface area (Å²) in [5.41, 5.74) is 0.439. The minimum Gasteiger partial charge on any atom is -0.490 e. The van der Waals surface area contributed by atoms with E-state index in [0.717, 1.165) is 28.8 Å². The van der Waals surface area contributed by atoms with Gasteiger partial charge in [0, 0.05) is 41.8 Å². The first kappa shape index (κ1) is 34.9. The van der Waals surface area contributed by atoms with E-state index in [1.807, 2.05) is 6.92 Å². The third-order valence-electron chi connectivity index (χ3n) is 7.83. The highest BCUT2D eigenvalue weighted by molar-refractivity contribution is 6.11. The number of aromatic amines is 1. The number of fused-ring (bicyclic) bond motifs is 1. The molecule has 49 heavy (non-hydrogen) atoms. The van der Waals surface area contributed by atoms with Gasteiger partial charge in [0.2, 0.25) is 0 Å². The molecule has 2 heterocycles. The lowest BCUT2D eigenvalue weighted by Gasteiger charge is -2.21. The SMILES string of the molecule is CCCOCCOCCOc1ccc(F)c(F)c1C(=O)c1ccc(C(=O)N[C@@H]2CN(C(=O)O)C[C@H]2NC(=O)c2ccc3cn[nH]c3c2)cc1. The van der Waals surface area contributed by atoms with Crippen LogP contribution in [0.4, 0.5) is 13.6 Å². The van der Waals surface area contributed by atoms with Gasteiger partial charge in [-0.25, -0.2) is 13.6 Å². The van der Waals surface area contributed by atoms with Crippen molar-refractivity contribution in [1.82, 2.24) is 25.7 Å². The quantitative estimate of drug-likeness (QED) is 0.108. The fraction of sp³-hybridized carbons (Fsp3) is 0.324. The minimum absolute atomic E-state index is 0.0281. The Morgan fingerprint density at radius 2 is 1.47 bits per heavy atom. The number of halogens is 2. The fourth-order valence-corrected chi connectivity index (χ4v) is 5.29. The number of hydrogen-bond donors (Lipinski definition) is 4. The number of rotatable bonds is 15. The van der Waals surface area contributed by atoms with Crippen molar-refractivity contribution >= 4 is 34.6 Å². The number of carboxylic acid groups (broad SMARTS) is 1. The van der Waals surface area contributed by atoms with Crippen molar-refractivity contribution in [3.8, 4) is 5.75 Å². The van der Waals surface area contributed by atoms with Gasteiger partial charge in [-0.2, -0.15) is 5.10 Å². The van der Waals surface area contributed by atoms with Crippen LogP contribution < -0.4 is 15.4 Å². The van der Waals surface area contributed by atoms with Crippen LogP contribution in [0.1, 0.15) is 50.0 Å². The molecule has 0 radical (unpaired) electrons. The molecule has 1 aliphatic rings. The molecule has 1 aromatic heterocycles. The number of likely N-dealkylation sites (tertiary alicyclic amines) is 1. The number of ketones is 1. The molecule has 258 valence electrons. The zero-order valence-corrected chi connectivity index (χ0v) is 26.5. The van der Waals surface area contributed by atoms with Crippen LogP contribution in [-0.4, -0.2) is 102 Å². The molecule has 13 nitrogen and oxygen atoms in total. The lowest BCUT2D eigenvalue weighted by atomic mass is 10.00. The second kappa shape index (κ2) is 16.1. The Hall–Kier alpha value is -5.41. The Balaban J connectivity index is 1.23. The molecule has 1 aliphatic heterocycles. The van der Waals surface area contributed by atoms with Crippen molar-refractivity contribution in [2.24, 2.45) is 0 Å². The predicted molar refractivity (Wildman–Crippen MR) is 172 cm³/mol. The number of nitrogens with one attached hydrogen (secondary N) is 3. The second-order valence-electron chi connectivity index (χ2n) is 11.2. The molecule has 0 saturated carbocycles. The molecule has 0 unspecified atom stereocenters. The van der Waals surface area contributed by atoms with Gasteiger partial charge >= 0.3 is 6.09 Å². The Labute approximate surface area is 279 Å². The van der Waals surface area contributed by atoms with E-state index in [9.17, 15) is 33.1 Å². The third kappa shape index (κ3) is 8.55. The summed E-state index contributed by atoms with van der Waals surface area (Å²) < 4.78 is 45.3. The highest BCUT2D eigenvalue weighted by Gasteiger charge is 2.37. The molecule has 2 atom stereocenters. The average molecular weight is 680 g/mol. The van der Waals surface area contributed by atoms with Crippen LogP contribution in [0.25, 0.3) is 10.9 Å². The monoisotopic (exact) mass is 679 g/mol. The van der Waals surface area contributed by atoms with Crippen molar-refractivity contribution in [3.63, 3.8) is 0 Å². The van der Waals surface area contributed by atoms with E-state index < -0.39 is 53.0 Å². The van der Waals surface area contributed by atoms with Gasteiger partial charge in [0.05, 0.1) is 43.6 Å². The smallest absolute Gasteiger partial charge is 0.407 e. The summed E-state index contributed by atoms with van der Waals surface area (Å²) in [6, 6.07) is 10.7. The van der Waals surface area contributed by atoms with Crippen LogP contribution >= 0.6 is 0 Å². The molecule has 0 spiro atoms. The molecular formula is C34H35F2N5O8.